The summed E-state index contributed by atoms with van der Waals surface area (Å²) >= 11 is 3.22. The molecule has 0 atom stereocenters. The number of aromatic nitrogens is 1. The van der Waals surface area contributed by atoms with Gasteiger partial charge in [-0.05, 0) is 48.8 Å². The zero-order valence-electron chi connectivity index (χ0n) is 8.87. The van der Waals surface area contributed by atoms with Gasteiger partial charge >= 0.3 is 5.97 Å². The van der Waals surface area contributed by atoms with Crippen LogP contribution < -0.4 is 5.73 Å². The first-order chi connectivity index (χ1) is 6.79. The van der Waals surface area contributed by atoms with E-state index >= 15 is 0 Å². The third-order valence-electron chi connectivity index (χ3n) is 1.46. The van der Waals surface area contributed by atoms with Gasteiger partial charge in [0.05, 0.1) is 4.47 Å². The van der Waals surface area contributed by atoms with Crippen molar-refractivity contribution >= 4 is 27.7 Å². The van der Waals surface area contributed by atoms with Crippen molar-refractivity contribution in [2.24, 2.45) is 0 Å². The van der Waals surface area contributed by atoms with Gasteiger partial charge in [-0.3, -0.25) is 0 Å². The van der Waals surface area contributed by atoms with Crippen LogP contribution >= 0.6 is 15.9 Å². The molecule has 0 unspecified atom stereocenters. The Morgan fingerprint density at radius 1 is 1.47 bits per heavy atom. The SMILES string of the molecule is CC(C)(C)OC(=O)c1nc(N)ccc1Br. The summed E-state index contributed by atoms with van der Waals surface area (Å²) in [6.07, 6.45) is 0. The monoisotopic (exact) mass is 272 g/mol. The van der Waals surface area contributed by atoms with Gasteiger partial charge in [0.1, 0.15) is 11.4 Å². The molecule has 15 heavy (non-hydrogen) atoms. The van der Waals surface area contributed by atoms with Crippen LogP contribution in [0.5, 0.6) is 0 Å². The van der Waals surface area contributed by atoms with Crippen LogP contribution in [0.1, 0.15) is 31.3 Å². The maximum atomic E-state index is 11.7. The lowest BCUT2D eigenvalue weighted by atomic mass is 10.2. The Hall–Kier alpha value is -1.10. The predicted molar refractivity (Wildman–Crippen MR) is 61.5 cm³/mol. The van der Waals surface area contributed by atoms with Crippen LogP contribution in [-0.2, 0) is 4.74 Å². The Balaban J connectivity index is 2.96. The molecule has 82 valence electrons. The Labute approximate surface area is 97.0 Å². The standard InChI is InChI=1S/C10H13BrN2O2/c1-10(2,3)15-9(14)8-6(11)4-5-7(12)13-8/h4-5H,1-3H3,(H2,12,13). The Bertz CT molecular complexity index is 385. The number of ether oxygens (including phenoxy) is 1. The number of hydrogen-bond donors (Lipinski definition) is 1. The number of rotatable bonds is 1. The molecule has 5 heteroatoms. The van der Waals surface area contributed by atoms with Crippen LogP contribution in [0.4, 0.5) is 5.82 Å². The molecule has 0 amide bonds. The summed E-state index contributed by atoms with van der Waals surface area (Å²) in [5.41, 5.74) is 5.15. The first-order valence-corrected chi connectivity index (χ1v) is 5.24. The smallest absolute Gasteiger partial charge is 0.358 e. The average molecular weight is 273 g/mol. The van der Waals surface area contributed by atoms with Crippen LogP contribution in [0.2, 0.25) is 0 Å². The van der Waals surface area contributed by atoms with Gasteiger partial charge in [0, 0.05) is 0 Å². The molecule has 0 bridgehead atoms. The normalized spacial score (nSPS) is 11.2. The molecule has 4 nitrogen and oxygen atoms in total. The van der Waals surface area contributed by atoms with Crippen LogP contribution in [-0.4, -0.2) is 16.6 Å². The maximum Gasteiger partial charge on any atom is 0.358 e. The van der Waals surface area contributed by atoms with E-state index in [0.717, 1.165) is 0 Å². The maximum absolute atomic E-state index is 11.7. The number of pyridine rings is 1. The molecule has 1 aromatic heterocycles. The molecule has 0 aliphatic carbocycles. The van der Waals surface area contributed by atoms with E-state index in [4.69, 9.17) is 10.5 Å². The Morgan fingerprint density at radius 2 is 2.07 bits per heavy atom. The number of halogens is 1. The third kappa shape index (κ3) is 3.51. The fourth-order valence-electron chi connectivity index (χ4n) is 0.927. The minimum atomic E-state index is -0.539. The van der Waals surface area contributed by atoms with Crippen molar-refractivity contribution in [3.63, 3.8) is 0 Å². The second-order valence-corrected chi connectivity index (χ2v) is 4.92. The Morgan fingerprint density at radius 3 is 2.60 bits per heavy atom. The summed E-state index contributed by atoms with van der Waals surface area (Å²) in [7, 11) is 0. The van der Waals surface area contributed by atoms with Gasteiger partial charge in [0.2, 0.25) is 0 Å². The zero-order chi connectivity index (χ0) is 11.6. The molecule has 1 heterocycles. The topological polar surface area (TPSA) is 65.2 Å². The largest absolute Gasteiger partial charge is 0.455 e. The summed E-state index contributed by atoms with van der Waals surface area (Å²) in [6, 6.07) is 3.28. The second-order valence-electron chi connectivity index (χ2n) is 4.07. The molecule has 0 saturated heterocycles. The first-order valence-electron chi connectivity index (χ1n) is 4.45. The molecule has 0 radical (unpaired) electrons. The molecule has 0 spiro atoms. The van der Waals surface area contributed by atoms with Gasteiger partial charge < -0.3 is 10.5 Å². The number of nitrogens with two attached hydrogens (primary N) is 1. The van der Waals surface area contributed by atoms with E-state index in [1.165, 1.54) is 0 Å². The zero-order valence-corrected chi connectivity index (χ0v) is 10.5. The van der Waals surface area contributed by atoms with Gasteiger partial charge in [-0.25, -0.2) is 9.78 Å². The lowest BCUT2D eigenvalue weighted by Crippen LogP contribution is -2.24. The van der Waals surface area contributed by atoms with Crippen molar-refractivity contribution in [3.05, 3.63) is 22.3 Å². The number of anilines is 1. The number of hydrogen-bond acceptors (Lipinski definition) is 4. The number of nitrogen functional groups attached to an aromatic ring is 1. The highest BCUT2D eigenvalue weighted by molar-refractivity contribution is 9.10. The minimum absolute atomic E-state index is 0.199. The average Bonchev–Trinajstić information content (AvgIpc) is 2.06. The van der Waals surface area contributed by atoms with Crippen molar-refractivity contribution < 1.29 is 9.53 Å². The van der Waals surface area contributed by atoms with Crippen molar-refractivity contribution in [2.45, 2.75) is 26.4 Å². The summed E-state index contributed by atoms with van der Waals surface area (Å²) in [4.78, 5) is 15.6. The van der Waals surface area contributed by atoms with E-state index in [9.17, 15) is 4.79 Å². The van der Waals surface area contributed by atoms with E-state index in [0.29, 0.717) is 10.3 Å². The van der Waals surface area contributed by atoms with E-state index in [2.05, 4.69) is 20.9 Å². The highest BCUT2D eigenvalue weighted by Crippen LogP contribution is 2.19. The molecule has 2 N–H and O–H groups in total. The molecule has 0 saturated carbocycles. The quantitative estimate of drug-likeness (QED) is 0.798. The molecule has 1 rings (SSSR count). The lowest BCUT2D eigenvalue weighted by molar-refractivity contribution is 0.00619. The summed E-state index contributed by atoms with van der Waals surface area (Å²) in [5, 5.41) is 0. The van der Waals surface area contributed by atoms with E-state index in [1.807, 2.05) is 0 Å². The third-order valence-corrected chi connectivity index (χ3v) is 2.10. The summed E-state index contributed by atoms with van der Waals surface area (Å²) < 4.78 is 5.75. The summed E-state index contributed by atoms with van der Waals surface area (Å²) in [5.74, 6) is -0.194. The van der Waals surface area contributed by atoms with Crippen LogP contribution in [0.15, 0.2) is 16.6 Å². The van der Waals surface area contributed by atoms with Gasteiger partial charge in [-0.1, -0.05) is 0 Å². The number of carbonyl (C=O) groups is 1. The van der Waals surface area contributed by atoms with E-state index in [1.54, 1.807) is 32.9 Å². The minimum Gasteiger partial charge on any atom is -0.455 e. The molecule has 0 aliphatic heterocycles. The van der Waals surface area contributed by atoms with E-state index in [-0.39, 0.29) is 5.69 Å². The van der Waals surface area contributed by atoms with Crippen LogP contribution in [0.25, 0.3) is 0 Å². The lowest BCUT2D eigenvalue weighted by Gasteiger charge is -2.19. The number of nitrogens with zero attached hydrogens (tertiary/aromatic N) is 1. The van der Waals surface area contributed by atoms with Crippen LogP contribution in [0, 0.1) is 0 Å². The molecular weight excluding hydrogens is 260 g/mol. The Kier molecular flexibility index (Phi) is 3.34. The molecular formula is C10H13BrN2O2. The van der Waals surface area contributed by atoms with Crippen molar-refractivity contribution in [3.8, 4) is 0 Å². The highest BCUT2D eigenvalue weighted by atomic mass is 79.9. The van der Waals surface area contributed by atoms with Crippen molar-refractivity contribution in [1.82, 2.24) is 4.98 Å². The predicted octanol–water partition coefficient (Wildman–Crippen LogP) is 2.38. The van der Waals surface area contributed by atoms with Gasteiger partial charge in [-0.2, -0.15) is 0 Å². The molecule has 1 aromatic rings. The van der Waals surface area contributed by atoms with Gasteiger partial charge in [0.25, 0.3) is 0 Å². The van der Waals surface area contributed by atoms with Crippen molar-refractivity contribution in [1.29, 1.82) is 0 Å². The fourth-order valence-corrected chi connectivity index (χ4v) is 1.31. The number of esters is 1. The van der Waals surface area contributed by atoms with Gasteiger partial charge in [0.15, 0.2) is 5.69 Å². The van der Waals surface area contributed by atoms with Gasteiger partial charge in [-0.15, -0.1) is 0 Å². The first kappa shape index (κ1) is 12.0. The second kappa shape index (κ2) is 4.18. The number of carbonyl (C=O) groups excluding carboxylic acids is 1. The molecule has 0 fully saturated rings. The van der Waals surface area contributed by atoms with Crippen molar-refractivity contribution in [2.75, 3.05) is 5.73 Å². The van der Waals surface area contributed by atoms with E-state index < -0.39 is 11.6 Å². The molecule has 0 aliphatic rings. The summed E-state index contributed by atoms with van der Waals surface area (Å²) in [6.45, 7) is 5.39. The van der Waals surface area contributed by atoms with Crippen LogP contribution in [0.3, 0.4) is 0 Å². The fraction of sp³-hybridized carbons (Fsp3) is 0.400. The molecule has 0 aromatic carbocycles. The highest BCUT2D eigenvalue weighted by Gasteiger charge is 2.21.